The van der Waals surface area contributed by atoms with Crippen LogP contribution < -0.4 is 14.2 Å². The fraction of sp³-hybridized carbons (Fsp3) is 0.238. The Morgan fingerprint density at radius 1 is 0.964 bits per heavy atom. The number of H-pyrrole nitrogens is 1. The fourth-order valence-corrected chi connectivity index (χ4v) is 3.64. The number of aromatic amines is 1. The van der Waals surface area contributed by atoms with Crippen molar-refractivity contribution in [3.8, 4) is 28.5 Å². The van der Waals surface area contributed by atoms with Crippen LogP contribution in [0.25, 0.3) is 11.3 Å². The van der Waals surface area contributed by atoms with E-state index in [2.05, 4.69) is 10.2 Å². The van der Waals surface area contributed by atoms with E-state index in [0.29, 0.717) is 17.2 Å². The zero-order valence-electron chi connectivity index (χ0n) is 16.1. The molecule has 2 aromatic carbocycles. The Kier molecular flexibility index (Phi) is 4.43. The lowest BCUT2D eigenvalue weighted by Gasteiger charge is -2.24. The summed E-state index contributed by atoms with van der Waals surface area (Å²) in [5.74, 6) is 2.00. The topological polar surface area (TPSA) is 76.7 Å². The number of nitrogens with one attached hydrogen (secondary N) is 1. The molecule has 1 aromatic heterocycles. The Morgan fingerprint density at radius 2 is 1.64 bits per heavy atom. The molecule has 0 saturated heterocycles. The first-order valence-corrected chi connectivity index (χ1v) is 8.80. The maximum absolute atomic E-state index is 12.8. The number of ether oxygens (including phenoxy) is 3. The van der Waals surface area contributed by atoms with Gasteiger partial charge >= 0.3 is 0 Å². The lowest BCUT2D eigenvalue weighted by Crippen LogP contribution is -2.25. The maximum atomic E-state index is 12.8. The lowest BCUT2D eigenvalue weighted by atomic mass is 9.95. The molecule has 1 aliphatic heterocycles. The van der Waals surface area contributed by atoms with Gasteiger partial charge in [0.15, 0.2) is 0 Å². The summed E-state index contributed by atoms with van der Waals surface area (Å²) < 4.78 is 16.1. The fourth-order valence-electron chi connectivity index (χ4n) is 3.64. The molecule has 1 amide bonds. The Balaban J connectivity index is 1.86. The number of hydrogen-bond acceptors (Lipinski definition) is 5. The third-order valence-electron chi connectivity index (χ3n) is 5.10. The molecular weight excluding hydrogens is 358 g/mol. The Morgan fingerprint density at radius 3 is 2.29 bits per heavy atom. The SMILES string of the molecule is COc1ccc(-c2n[nH]c3c2[C@@H](c2ccc(OC)cc2OC)N(C)C3=O)cc1. The number of benzene rings is 2. The number of nitrogens with zero attached hydrogens (tertiary/aromatic N) is 2. The molecule has 2 heterocycles. The van der Waals surface area contributed by atoms with Crippen LogP contribution in [0.5, 0.6) is 17.2 Å². The molecule has 0 radical (unpaired) electrons. The number of hydrogen-bond donors (Lipinski definition) is 1. The van der Waals surface area contributed by atoms with Crippen molar-refractivity contribution >= 4 is 5.91 Å². The summed E-state index contributed by atoms with van der Waals surface area (Å²) in [6.45, 7) is 0. The summed E-state index contributed by atoms with van der Waals surface area (Å²) in [6, 6.07) is 12.9. The Hall–Kier alpha value is -3.48. The molecule has 7 nitrogen and oxygen atoms in total. The highest BCUT2D eigenvalue weighted by Crippen LogP contribution is 2.45. The number of aromatic nitrogens is 2. The van der Waals surface area contributed by atoms with Crippen molar-refractivity contribution in [3.63, 3.8) is 0 Å². The van der Waals surface area contributed by atoms with Crippen molar-refractivity contribution in [2.75, 3.05) is 28.4 Å². The van der Waals surface area contributed by atoms with Gasteiger partial charge in [-0.15, -0.1) is 0 Å². The monoisotopic (exact) mass is 379 g/mol. The number of fused-ring (bicyclic) bond motifs is 1. The number of amides is 1. The Bertz CT molecular complexity index is 1030. The average Bonchev–Trinajstić information content (AvgIpc) is 3.27. The van der Waals surface area contributed by atoms with Crippen LogP contribution in [-0.2, 0) is 0 Å². The zero-order valence-corrected chi connectivity index (χ0v) is 16.1. The molecule has 0 saturated carbocycles. The van der Waals surface area contributed by atoms with E-state index >= 15 is 0 Å². The molecular formula is C21H21N3O4. The summed E-state index contributed by atoms with van der Waals surface area (Å²) in [7, 11) is 6.62. The molecule has 0 fully saturated rings. The van der Waals surface area contributed by atoms with Gasteiger partial charge in [-0.3, -0.25) is 9.89 Å². The minimum atomic E-state index is -0.320. The first-order valence-electron chi connectivity index (χ1n) is 8.80. The molecule has 4 rings (SSSR count). The van der Waals surface area contributed by atoms with Crippen LogP contribution in [0, 0.1) is 0 Å². The van der Waals surface area contributed by atoms with Gasteiger partial charge in [-0.25, -0.2) is 0 Å². The molecule has 28 heavy (non-hydrogen) atoms. The summed E-state index contributed by atoms with van der Waals surface area (Å²) >= 11 is 0. The van der Waals surface area contributed by atoms with Crippen molar-refractivity contribution in [1.82, 2.24) is 15.1 Å². The minimum absolute atomic E-state index is 0.106. The van der Waals surface area contributed by atoms with Gasteiger partial charge in [0.25, 0.3) is 5.91 Å². The summed E-state index contributed by atoms with van der Waals surface area (Å²) in [5.41, 5.74) is 3.84. The molecule has 1 N–H and O–H groups in total. The largest absolute Gasteiger partial charge is 0.497 e. The average molecular weight is 379 g/mol. The standard InChI is InChI=1S/C21H21N3O4/c1-24-20(15-10-9-14(27-3)11-16(15)28-4)17-18(22-23-19(17)21(24)25)12-5-7-13(26-2)8-6-12/h5-11,20H,1-4H3,(H,22,23)/t20-/m1/s1. The predicted octanol–water partition coefficient (Wildman–Crippen LogP) is 3.28. The van der Waals surface area contributed by atoms with Crippen molar-refractivity contribution in [2.24, 2.45) is 0 Å². The molecule has 0 aliphatic carbocycles. The second-order valence-corrected chi connectivity index (χ2v) is 6.52. The third kappa shape index (κ3) is 2.67. The van der Waals surface area contributed by atoms with E-state index < -0.39 is 0 Å². The molecule has 1 aliphatic rings. The first-order chi connectivity index (χ1) is 13.6. The number of methoxy groups -OCH3 is 3. The summed E-state index contributed by atoms with van der Waals surface area (Å²) in [4.78, 5) is 14.5. The van der Waals surface area contributed by atoms with E-state index in [1.54, 1.807) is 33.3 Å². The van der Waals surface area contributed by atoms with Crippen molar-refractivity contribution in [3.05, 3.63) is 59.3 Å². The molecule has 0 bridgehead atoms. The van der Waals surface area contributed by atoms with E-state index in [4.69, 9.17) is 14.2 Å². The molecule has 3 aromatic rings. The molecule has 0 spiro atoms. The highest BCUT2D eigenvalue weighted by Gasteiger charge is 2.41. The van der Waals surface area contributed by atoms with Gasteiger partial charge in [0.2, 0.25) is 0 Å². The maximum Gasteiger partial charge on any atom is 0.272 e. The van der Waals surface area contributed by atoms with Gasteiger partial charge < -0.3 is 19.1 Å². The van der Waals surface area contributed by atoms with Crippen LogP contribution in [0.3, 0.4) is 0 Å². The predicted molar refractivity (Wildman–Crippen MR) is 104 cm³/mol. The van der Waals surface area contributed by atoms with E-state index in [-0.39, 0.29) is 11.9 Å². The number of carbonyl (C=O) groups is 1. The lowest BCUT2D eigenvalue weighted by molar-refractivity contribution is 0.0787. The molecule has 0 unspecified atom stereocenters. The quantitative estimate of drug-likeness (QED) is 0.736. The normalized spacial score (nSPS) is 15.5. The zero-order chi connectivity index (χ0) is 19.8. The molecule has 7 heteroatoms. The Labute approximate surface area is 162 Å². The van der Waals surface area contributed by atoms with Crippen LogP contribution in [0.15, 0.2) is 42.5 Å². The number of carbonyl (C=O) groups excluding carboxylic acids is 1. The van der Waals surface area contributed by atoms with Gasteiger partial charge in [-0.1, -0.05) is 0 Å². The molecule has 1 atom stereocenters. The highest BCUT2D eigenvalue weighted by molar-refractivity contribution is 6.00. The van der Waals surface area contributed by atoms with Crippen molar-refractivity contribution in [2.45, 2.75) is 6.04 Å². The van der Waals surface area contributed by atoms with Crippen LogP contribution in [-0.4, -0.2) is 49.4 Å². The van der Waals surface area contributed by atoms with Crippen LogP contribution >= 0.6 is 0 Å². The smallest absolute Gasteiger partial charge is 0.272 e. The second-order valence-electron chi connectivity index (χ2n) is 6.52. The van der Waals surface area contributed by atoms with E-state index in [0.717, 1.165) is 28.1 Å². The number of rotatable bonds is 5. The van der Waals surface area contributed by atoms with Gasteiger partial charge in [0, 0.05) is 29.8 Å². The van der Waals surface area contributed by atoms with Crippen LogP contribution in [0.2, 0.25) is 0 Å². The van der Waals surface area contributed by atoms with E-state index in [1.807, 2.05) is 42.5 Å². The first kappa shape index (κ1) is 17.9. The van der Waals surface area contributed by atoms with Crippen molar-refractivity contribution < 1.29 is 19.0 Å². The van der Waals surface area contributed by atoms with Crippen molar-refractivity contribution in [1.29, 1.82) is 0 Å². The van der Waals surface area contributed by atoms with E-state index in [1.165, 1.54) is 0 Å². The summed E-state index contributed by atoms with van der Waals surface area (Å²) in [6.07, 6.45) is 0. The van der Waals surface area contributed by atoms with Gasteiger partial charge in [-0.05, 0) is 36.4 Å². The van der Waals surface area contributed by atoms with Gasteiger partial charge in [0.05, 0.1) is 33.1 Å². The van der Waals surface area contributed by atoms with Gasteiger partial charge in [-0.2, -0.15) is 5.10 Å². The van der Waals surface area contributed by atoms with Crippen LogP contribution in [0.1, 0.15) is 27.7 Å². The second kappa shape index (κ2) is 6.92. The van der Waals surface area contributed by atoms with Gasteiger partial charge in [0.1, 0.15) is 22.9 Å². The van der Waals surface area contributed by atoms with E-state index in [9.17, 15) is 4.79 Å². The molecule has 144 valence electrons. The minimum Gasteiger partial charge on any atom is -0.497 e. The summed E-state index contributed by atoms with van der Waals surface area (Å²) in [5, 5.41) is 7.35. The van der Waals surface area contributed by atoms with Crippen LogP contribution in [0.4, 0.5) is 0 Å². The highest BCUT2D eigenvalue weighted by atomic mass is 16.5. The third-order valence-corrected chi connectivity index (χ3v) is 5.10.